The zero-order valence-electron chi connectivity index (χ0n) is 19.8. The molecule has 194 valence electrons. The molecule has 4 N–H and O–H groups in total. The van der Waals surface area contributed by atoms with Crippen LogP contribution in [0.4, 0.5) is 0 Å². The molecule has 10 nitrogen and oxygen atoms in total. The summed E-state index contributed by atoms with van der Waals surface area (Å²) in [5, 5.41) is 10.4. The van der Waals surface area contributed by atoms with Gasteiger partial charge < -0.3 is 15.1 Å². The molecule has 0 bridgehead atoms. The fourth-order valence-corrected chi connectivity index (χ4v) is 5.96. The van der Waals surface area contributed by atoms with E-state index in [1.54, 1.807) is 36.4 Å². The standard InChI is InChI=1S/C25H25N3O7S2/c1-16-2-4-18(5-3-16)24(29)28-22(25(30)27-19-12-13-36(31,32)15-19)14-20-8-11-23(35-20)17-6-9-21(10-7-17)37(26,33)34/h2-11,14,19H,12-13,15H2,1H3,(H,27,30)(H,28,29)(H2,26,33,34). The number of sulfonamides is 1. The van der Waals surface area contributed by atoms with Gasteiger partial charge in [-0.25, -0.2) is 22.0 Å². The van der Waals surface area contributed by atoms with Crippen LogP contribution in [0.15, 0.2) is 75.7 Å². The van der Waals surface area contributed by atoms with Crippen LogP contribution in [-0.4, -0.2) is 46.2 Å². The van der Waals surface area contributed by atoms with Crippen molar-refractivity contribution in [3.05, 3.63) is 83.2 Å². The number of nitrogens with one attached hydrogen (secondary N) is 2. The topological polar surface area (TPSA) is 166 Å². The lowest BCUT2D eigenvalue weighted by molar-refractivity contribution is -0.118. The van der Waals surface area contributed by atoms with Crippen LogP contribution in [-0.2, 0) is 24.7 Å². The number of nitrogens with two attached hydrogens (primary N) is 1. The third-order valence-corrected chi connectivity index (χ3v) is 8.45. The number of rotatable bonds is 7. The number of sulfone groups is 1. The second-order valence-corrected chi connectivity index (χ2v) is 12.5. The van der Waals surface area contributed by atoms with Crippen LogP contribution in [0.5, 0.6) is 0 Å². The van der Waals surface area contributed by atoms with Gasteiger partial charge in [0.15, 0.2) is 9.84 Å². The van der Waals surface area contributed by atoms with Crippen molar-refractivity contribution in [3.8, 4) is 11.3 Å². The van der Waals surface area contributed by atoms with E-state index in [0.717, 1.165) is 5.56 Å². The van der Waals surface area contributed by atoms with Crippen LogP contribution >= 0.6 is 0 Å². The number of benzene rings is 2. The molecular formula is C25H25N3O7S2. The average Bonchev–Trinajstić information content (AvgIpc) is 3.44. The van der Waals surface area contributed by atoms with Gasteiger partial charge in [0, 0.05) is 23.2 Å². The second kappa shape index (κ2) is 10.3. The summed E-state index contributed by atoms with van der Waals surface area (Å²) >= 11 is 0. The van der Waals surface area contributed by atoms with Crippen LogP contribution in [0, 0.1) is 6.92 Å². The van der Waals surface area contributed by atoms with Crippen molar-refractivity contribution in [2.24, 2.45) is 5.14 Å². The van der Waals surface area contributed by atoms with Gasteiger partial charge in [0.1, 0.15) is 17.2 Å². The Bertz CT molecular complexity index is 1570. The Hall–Kier alpha value is -3.74. The summed E-state index contributed by atoms with van der Waals surface area (Å²) in [4.78, 5) is 25.8. The average molecular weight is 544 g/mol. The quantitative estimate of drug-likeness (QED) is 0.383. The molecule has 0 aliphatic carbocycles. The predicted octanol–water partition coefficient (Wildman–Crippen LogP) is 1.98. The lowest BCUT2D eigenvalue weighted by Gasteiger charge is -2.14. The molecule has 2 heterocycles. The van der Waals surface area contributed by atoms with E-state index in [1.807, 2.05) is 6.92 Å². The maximum absolute atomic E-state index is 13.0. The zero-order chi connectivity index (χ0) is 26.8. The van der Waals surface area contributed by atoms with Crippen LogP contribution in [0.25, 0.3) is 17.4 Å². The number of primary sulfonamides is 1. The monoisotopic (exact) mass is 543 g/mol. The first-order chi connectivity index (χ1) is 17.4. The number of carbonyl (C=O) groups is 2. The first kappa shape index (κ1) is 26.3. The number of furan rings is 1. The molecule has 1 aliphatic rings. The molecule has 1 aliphatic heterocycles. The van der Waals surface area contributed by atoms with Crippen LogP contribution < -0.4 is 15.8 Å². The Labute approximate surface area is 214 Å². The maximum Gasteiger partial charge on any atom is 0.268 e. The first-order valence-corrected chi connectivity index (χ1v) is 14.6. The first-order valence-electron chi connectivity index (χ1n) is 11.2. The normalized spacial score (nSPS) is 17.4. The molecule has 0 saturated carbocycles. The Morgan fingerprint density at radius 2 is 1.70 bits per heavy atom. The lowest BCUT2D eigenvalue weighted by Crippen LogP contribution is -2.41. The van der Waals surface area contributed by atoms with E-state index >= 15 is 0 Å². The van der Waals surface area contributed by atoms with Crippen LogP contribution in [0.2, 0.25) is 0 Å². The number of carbonyl (C=O) groups excluding carboxylic acids is 2. The molecule has 1 fully saturated rings. The van der Waals surface area contributed by atoms with Gasteiger partial charge in [-0.1, -0.05) is 17.7 Å². The molecule has 1 unspecified atom stereocenters. The summed E-state index contributed by atoms with van der Waals surface area (Å²) in [6.45, 7) is 1.88. The minimum absolute atomic E-state index is 0.0154. The molecule has 0 spiro atoms. The summed E-state index contributed by atoms with van der Waals surface area (Å²) in [5.41, 5.74) is 1.74. The van der Waals surface area contributed by atoms with Gasteiger partial charge in [-0.3, -0.25) is 9.59 Å². The molecule has 2 amide bonds. The number of hydrogen-bond donors (Lipinski definition) is 3. The van der Waals surface area contributed by atoms with E-state index in [0.29, 0.717) is 16.9 Å². The highest BCUT2D eigenvalue weighted by atomic mass is 32.2. The van der Waals surface area contributed by atoms with Crippen molar-refractivity contribution < 1.29 is 30.8 Å². The summed E-state index contributed by atoms with van der Waals surface area (Å²) in [7, 11) is -7.06. The summed E-state index contributed by atoms with van der Waals surface area (Å²) < 4.78 is 52.3. The van der Waals surface area contributed by atoms with E-state index in [1.165, 1.54) is 30.3 Å². The van der Waals surface area contributed by atoms with E-state index in [-0.39, 0.29) is 34.3 Å². The van der Waals surface area contributed by atoms with Gasteiger partial charge in [-0.05, 0) is 61.9 Å². The Morgan fingerprint density at radius 1 is 1.03 bits per heavy atom. The largest absolute Gasteiger partial charge is 0.457 e. The molecule has 37 heavy (non-hydrogen) atoms. The Morgan fingerprint density at radius 3 is 2.30 bits per heavy atom. The minimum atomic E-state index is -3.84. The van der Waals surface area contributed by atoms with E-state index in [2.05, 4.69) is 10.6 Å². The highest BCUT2D eigenvalue weighted by molar-refractivity contribution is 7.91. The van der Waals surface area contributed by atoms with Crippen molar-refractivity contribution >= 4 is 37.8 Å². The van der Waals surface area contributed by atoms with Crippen LogP contribution in [0.1, 0.15) is 28.1 Å². The molecule has 0 radical (unpaired) electrons. The van der Waals surface area contributed by atoms with Crippen molar-refractivity contribution in [2.75, 3.05) is 11.5 Å². The smallest absolute Gasteiger partial charge is 0.268 e. The predicted molar refractivity (Wildman–Crippen MR) is 137 cm³/mol. The molecule has 12 heteroatoms. The summed E-state index contributed by atoms with van der Waals surface area (Å²) in [6, 6.07) is 15.2. The molecule has 2 aromatic carbocycles. The molecule has 1 atom stereocenters. The lowest BCUT2D eigenvalue weighted by atomic mass is 10.1. The second-order valence-electron chi connectivity index (χ2n) is 8.72. The molecular weight excluding hydrogens is 518 g/mol. The van der Waals surface area contributed by atoms with E-state index < -0.39 is 37.7 Å². The molecule has 3 aromatic rings. The highest BCUT2D eigenvalue weighted by Gasteiger charge is 2.30. The van der Waals surface area contributed by atoms with Gasteiger partial charge >= 0.3 is 0 Å². The van der Waals surface area contributed by atoms with Gasteiger partial charge in [0.25, 0.3) is 11.8 Å². The summed E-state index contributed by atoms with van der Waals surface area (Å²) in [6.07, 6.45) is 1.62. The fraction of sp³-hybridized carbons (Fsp3) is 0.200. The van der Waals surface area contributed by atoms with Gasteiger partial charge in [-0.15, -0.1) is 0 Å². The van der Waals surface area contributed by atoms with Crippen LogP contribution in [0.3, 0.4) is 0 Å². The van der Waals surface area contributed by atoms with Gasteiger partial charge in [0.05, 0.1) is 16.4 Å². The van der Waals surface area contributed by atoms with E-state index in [4.69, 9.17) is 9.56 Å². The molecule has 4 rings (SSSR count). The third kappa shape index (κ3) is 6.73. The Balaban J connectivity index is 1.60. The van der Waals surface area contributed by atoms with Crippen molar-refractivity contribution in [1.82, 2.24) is 10.6 Å². The van der Waals surface area contributed by atoms with Gasteiger partial charge in [0.2, 0.25) is 10.0 Å². The number of amides is 2. The molecule has 1 aromatic heterocycles. The van der Waals surface area contributed by atoms with Crippen molar-refractivity contribution in [1.29, 1.82) is 0 Å². The maximum atomic E-state index is 13.0. The SMILES string of the molecule is Cc1ccc(C(=O)NC(=Cc2ccc(-c3ccc(S(N)(=O)=O)cc3)o2)C(=O)NC2CCS(=O)(=O)C2)cc1. The van der Waals surface area contributed by atoms with Crippen molar-refractivity contribution in [2.45, 2.75) is 24.3 Å². The minimum Gasteiger partial charge on any atom is -0.457 e. The number of aryl methyl sites for hydroxylation is 1. The van der Waals surface area contributed by atoms with E-state index in [9.17, 15) is 26.4 Å². The zero-order valence-corrected chi connectivity index (χ0v) is 21.4. The van der Waals surface area contributed by atoms with Gasteiger partial charge in [-0.2, -0.15) is 0 Å². The third-order valence-electron chi connectivity index (χ3n) is 5.75. The fourth-order valence-electron chi connectivity index (χ4n) is 3.77. The number of hydrogen-bond acceptors (Lipinski definition) is 7. The molecule has 1 saturated heterocycles. The van der Waals surface area contributed by atoms with Crippen molar-refractivity contribution in [3.63, 3.8) is 0 Å². The summed E-state index contributed by atoms with van der Waals surface area (Å²) in [5.74, 6) is -0.739. The Kier molecular flexibility index (Phi) is 7.35. The highest BCUT2D eigenvalue weighted by Crippen LogP contribution is 2.25.